The molecule has 0 aromatic heterocycles. The predicted octanol–water partition coefficient (Wildman–Crippen LogP) is 6.09. The fourth-order valence-corrected chi connectivity index (χ4v) is 5.76. The molecular weight excluding hydrogens is 537 g/mol. The van der Waals surface area contributed by atoms with Crippen molar-refractivity contribution in [2.75, 3.05) is 40.2 Å². The Kier molecular flexibility index (Phi) is 6.80. The average Bonchev–Trinajstić information content (AvgIpc) is 2.90. The molecule has 1 aliphatic carbocycles. The highest BCUT2D eigenvalue weighted by molar-refractivity contribution is 6.31. The number of fused-ring (bicyclic) bond motifs is 2. The van der Waals surface area contributed by atoms with Crippen molar-refractivity contribution in [3.63, 3.8) is 0 Å². The summed E-state index contributed by atoms with van der Waals surface area (Å²) < 4.78 is 57.1. The quantitative estimate of drug-likeness (QED) is 0.366. The molecule has 0 radical (unpaired) electrons. The van der Waals surface area contributed by atoms with Crippen molar-refractivity contribution in [3.05, 3.63) is 63.2 Å². The van der Waals surface area contributed by atoms with Crippen LogP contribution in [0, 0.1) is 0 Å². The fraction of sp³-hybridized carbons (Fsp3) is 0.321. The Morgan fingerprint density at radius 3 is 2.44 bits per heavy atom. The first-order valence-corrected chi connectivity index (χ1v) is 12.5. The van der Waals surface area contributed by atoms with E-state index in [1.54, 1.807) is 0 Å². The molecule has 0 spiro atoms. The smallest absolute Gasteiger partial charge is 0.417 e. The summed E-state index contributed by atoms with van der Waals surface area (Å²) in [5.74, 6) is 0.0873. The third kappa shape index (κ3) is 4.41. The van der Waals surface area contributed by atoms with Gasteiger partial charge in [0.25, 0.3) is 5.91 Å². The number of benzene rings is 3. The minimum Gasteiger partial charge on any atom is -0.504 e. The molecular formula is C28H26ClF3N2O5. The number of aromatic hydroxyl groups is 1. The summed E-state index contributed by atoms with van der Waals surface area (Å²) in [5, 5.41) is 13.6. The third-order valence-electron chi connectivity index (χ3n) is 7.42. The van der Waals surface area contributed by atoms with Crippen molar-refractivity contribution in [3.8, 4) is 34.1 Å². The Morgan fingerprint density at radius 2 is 1.79 bits per heavy atom. The summed E-state index contributed by atoms with van der Waals surface area (Å²) in [7, 11) is 6.41. The number of ether oxygens (including phenoxy) is 3. The Bertz CT molecular complexity index is 1490. The predicted molar refractivity (Wildman–Crippen MR) is 140 cm³/mol. The van der Waals surface area contributed by atoms with Gasteiger partial charge in [-0.05, 0) is 60.8 Å². The van der Waals surface area contributed by atoms with Gasteiger partial charge in [0.1, 0.15) is 0 Å². The molecule has 2 aliphatic rings. The number of carbonyl (C=O) groups excluding carboxylic acids is 1. The molecule has 1 amide bonds. The van der Waals surface area contributed by atoms with Crippen LogP contribution in [0.4, 0.5) is 18.9 Å². The number of rotatable bonds is 5. The van der Waals surface area contributed by atoms with Crippen LogP contribution in [0.3, 0.4) is 0 Å². The van der Waals surface area contributed by atoms with Crippen LogP contribution >= 0.6 is 11.6 Å². The van der Waals surface area contributed by atoms with Gasteiger partial charge in [0.2, 0.25) is 0 Å². The zero-order valence-corrected chi connectivity index (χ0v) is 22.4. The summed E-state index contributed by atoms with van der Waals surface area (Å²) in [5.41, 5.74) is 2.65. The number of likely N-dealkylation sites (N-methyl/N-ethyl adjacent to an activating group) is 1. The molecule has 0 saturated heterocycles. The van der Waals surface area contributed by atoms with Crippen molar-refractivity contribution in [1.82, 2.24) is 4.90 Å². The lowest BCUT2D eigenvalue weighted by Gasteiger charge is -2.41. The molecule has 0 bridgehead atoms. The second kappa shape index (κ2) is 9.84. The number of phenolic OH excluding ortho intramolecular Hbond substituents is 1. The number of methoxy groups -OCH3 is 3. The first-order chi connectivity index (χ1) is 18.5. The number of hydrogen-bond acceptors (Lipinski definition) is 6. The van der Waals surface area contributed by atoms with E-state index in [0.717, 1.165) is 30.2 Å². The van der Waals surface area contributed by atoms with Crippen LogP contribution < -0.4 is 19.5 Å². The Morgan fingerprint density at radius 1 is 1.08 bits per heavy atom. The Balaban J connectivity index is 1.71. The fourth-order valence-electron chi connectivity index (χ4n) is 5.54. The number of alkyl halides is 3. The van der Waals surface area contributed by atoms with E-state index < -0.39 is 22.7 Å². The van der Waals surface area contributed by atoms with Crippen LogP contribution in [0.1, 0.15) is 38.7 Å². The summed E-state index contributed by atoms with van der Waals surface area (Å²) in [4.78, 5) is 15.4. The van der Waals surface area contributed by atoms with E-state index in [0.29, 0.717) is 46.4 Å². The highest BCUT2D eigenvalue weighted by Crippen LogP contribution is 2.57. The van der Waals surface area contributed by atoms with Gasteiger partial charge in [0.15, 0.2) is 23.0 Å². The van der Waals surface area contributed by atoms with Gasteiger partial charge >= 0.3 is 6.18 Å². The van der Waals surface area contributed by atoms with Crippen LogP contribution in [0.25, 0.3) is 11.1 Å². The first-order valence-electron chi connectivity index (χ1n) is 12.1. The van der Waals surface area contributed by atoms with E-state index in [1.807, 2.05) is 13.1 Å². The van der Waals surface area contributed by atoms with Crippen molar-refractivity contribution in [2.24, 2.45) is 0 Å². The van der Waals surface area contributed by atoms with Crippen molar-refractivity contribution >= 4 is 23.2 Å². The highest BCUT2D eigenvalue weighted by Gasteiger charge is 2.40. The normalized spacial score (nSPS) is 16.3. The molecule has 1 atom stereocenters. The van der Waals surface area contributed by atoms with E-state index >= 15 is 0 Å². The highest BCUT2D eigenvalue weighted by atomic mass is 35.5. The van der Waals surface area contributed by atoms with Gasteiger partial charge in [-0.25, -0.2) is 0 Å². The van der Waals surface area contributed by atoms with Crippen LogP contribution in [-0.4, -0.2) is 50.8 Å². The minimum absolute atomic E-state index is 0.0809. The molecule has 206 valence electrons. The lowest BCUT2D eigenvalue weighted by molar-refractivity contribution is -0.137. The van der Waals surface area contributed by atoms with Gasteiger partial charge in [-0.1, -0.05) is 11.6 Å². The van der Waals surface area contributed by atoms with Crippen molar-refractivity contribution in [1.29, 1.82) is 0 Å². The molecule has 3 aromatic carbocycles. The van der Waals surface area contributed by atoms with Gasteiger partial charge in [0, 0.05) is 41.0 Å². The molecule has 5 rings (SSSR count). The van der Waals surface area contributed by atoms with Gasteiger partial charge in [-0.15, -0.1) is 0 Å². The average molecular weight is 563 g/mol. The molecule has 0 saturated carbocycles. The maximum atomic E-state index is 13.4. The lowest BCUT2D eigenvalue weighted by Crippen LogP contribution is -2.36. The molecule has 1 heterocycles. The molecule has 7 nitrogen and oxygen atoms in total. The van der Waals surface area contributed by atoms with E-state index in [4.69, 9.17) is 25.8 Å². The van der Waals surface area contributed by atoms with E-state index in [2.05, 4.69) is 10.2 Å². The number of amides is 1. The second-order valence-electron chi connectivity index (χ2n) is 9.49. The molecule has 2 N–H and O–H groups in total. The number of halogens is 4. The zero-order valence-electron chi connectivity index (χ0n) is 21.6. The standard InChI is InChI=1S/C28H26ClF3N2O5/c1-34-8-7-13-10-21(38-3)26(39-4)24-22(13)19(34)11-15-18(12-20(37-2)25(35)23(15)24)33-27(36)14-5-6-17(29)16(9-14)28(30,31)32/h5-6,9-10,12,19,35H,7-8,11H2,1-4H3,(H,33,36)/t19-/m0/s1. The van der Waals surface area contributed by atoms with Gasteiger partial charge < -0.3 is 24.6 Å². The minimum atomic E-state index is -4.73. The molecule has 3 aromatic rings. The van der Waals surface area contributed by atoms with E-state index in [-0.39, 0.29) is 23.1 Å². The summed E-state index contributed by atoms with van der Waals surface area (Å²) in [6.45, 7) is 0.775. The maximum Gasteiger partial charge on any atom is 0.417 e. The molecule has 1 aliphatic heterocycles. The number of nitrogens with one attached hydrogen (secondary N) is 1. The van der Waals surface area contributed by atoms with Crippen molar-refractivity contribution < 1.29 is 37.3 Å². The SMILES string of the molecule is COc1cc(NC(=O)c2ccc(Cl)c(C(F)(F)F)c2)c2c(c1O)-c1c(OC)c(OC)cc3c1[C@H](C2)N(C)CC3. The Labute approximate surface area is 228 Å². The van der Waals surface area contributed by atoms with Crippen LogP contribution in [-0.2, 0) is 19.0 Å². The molecule has 0 fully saturated rings. The van der Waals surface area contributed by atoms with Crippen LogP contribution in [0.5, 0.6) is 23.0 Å². The first kappa shape index (κ1) is 27.0. The Hall–Kier alpha value is -3.63. The molecule has 39 heavy (non-hydrogen) atoms. The monoisotopic (exact) mass is 562 g/mol. The van der Waals surface area contributed by atoms with E-state index in [9.17, 15) is 23.1 Å². The van der Waals surface area contributed by atoms with Crippen molar-refractivity contribution in [2.45, 2.75) is 25.1 Å². The van der Waals surface area contributed by atoms with E-state index in [1.165, 1.54) is 33.5 Å². The molecule has 11 heteroatoms. The third-order valence-corrected chi connectivity index (χ3v) is 7.75. The largest absolute Gasteiger partial charge is 0.504 e. The summed E-state index contributed by atoms with van der Waals surface area (Å²) in [6.07, 6.45) is -3.54. The summed E-state index contributed by atoms with van der Waals surface area (Å²) >= 11 is 5.74. The summed E-state index contributed by atoms with van der Waals surface area (Å²) in [6, 6.07) is 6.29. The second-order valence-corrected chi connectivity index (χ2v) is 9.89. The van der Waals surface area contributed by atoms with Gasteiger partial charge in [0.05, 0.1) is 31.9 Å². The number of carbonyl (C=O) groups is 1. The van der Waals surface area contributed by atoms with Gasteiger partial charge in [-0.3, -0.25) is 9.69 Å². The lowest BCUT2D eigenvalue weighted by atomic mass is 9.75. The van der Waals surface area contributed by atoms with Crippen LogP contribution in [0.15, 0.2) is 30.3 Å². The topological polar surface area (TPSA) is 80.3 Å². The number of nitrogens with zero attached hydrogens (tertiary/aromatic N) is 1. The van der Waals surface area contributed by atoms with Gasteiger partial charge in [-0.2, -0.15) is 13.2 Å². The number of phenols is 1. The maximum absolute atomic E-state index is 13.4. The number of anilines is 1. The molecule has 0 unspecified atom stereocenters. The van der Waals surface area contributed by atoms with Crippen LogP contribution in [0.2, 0.25) is 5.02 Å². The zero-order chi connectivity index (χ0) is 28.2. The number of hydrogen-bond donors (Lipinski definition) is 2.